The van der Waals surface area contributed by atoms with Crippen molar-refractivity contribution in [2.45, 2.75) is 51.6 Å². The highest BCUT2D eigenvalue weighted by atomic mass is 32.1. The number of aliphatic hydroxyl groups is 1. The molecule has 2 atom stereocenters. The lowest BCUT2D eigenvalue weighted by atomic mass is 9.97. The molecule has 0 aliphatic heterocycles. The van der Waals surface area contributed by atoms with Crippen LogP contribution in [-0.2, 0) is 6.42 Å². The first kappa shape index (κ1) is 15.3. The molecule has 0 saturated heterocycles. The van der Waals surface area contributed by atoms with Crippen molar-refractivity contribution in [3.63, 3.8) is 0 Å². The molecule has 1 aliphatic rings. The number of hydrogen-bond acceptors (Lipinski definition) is 4. The third-order valence-corrected chi connectivity index (χ3v) is 4.88. The van der Waals surface area contributed by atoms with Crippen LogP contribution < -0.4 is 10.6 Å². The molecule has 0 bridgehead atoms. The predicted octanol–water partition coefficient (Wildman–Crippen LogP) is 2.23. The molecular weight excluding hydrogens is 274 g/mol. The van der Waals surface area contributed by atoms with Gasteiger partial charge < -0.3 is 15.7 Å². The molecule has 112 valence electrons. The van der Waals surface area contributed by atoms with Crippen LogP contribution in [0.15, 0.2) is 5.38 Å². The van der Waals surface area contributed by atoms with Crippen LogP contribution >= 0.6 is 11.3 Å². The zero-order valence-electron chi connectivity index (χ0n) is 12.3. The fourth-order valence-corrected chi connectivity index (χ4v) is 3.08. The minimum atomic E-state index is -0.513. The highest BCUT2D eigenvalue weighted by Gasteiger charge is 2.42. The summed E-state index contributed by atoms with van der Waals surface area (Å²) < 4.78 is 0. The van der Waals surface area contributed by atoms with E-state index in [0.717, 1.165) is 30.0 Å². The lowest BCUT2D eigenvalue weighted by Gasteiger charge is -2.29. The van der Waals surface area contributed by atoms with Gasteiger partial charge in [0.1, 0.15) is 0 Å². The number of amides is 2. The Kier molecular flexibility index (Phi) is 4.65. The van der Waals surface area contributed by atoms with Crippen molar-refractivity contribution in [1.29, 1.82) is 0 Å². The summed E-state index contributed by atoms with van der Waals surface area (Å²) in [5, 5.41) is 18.3. The monoisotopic (exact) mass is 297 g/mol. The van der Waals surface area contributed by atoms with Crippen LogP contribution in [0.4, 0.5) is 4.79 Å². The zero-order valence-corrected chi connectivity index (χ0v) is 13.1. The molecule has 1 aliphatic carbocycles. The highest BCUT2D eigenvalue weighted by Crippen LogP contribution is 2.39. The number of aliphatic hydroxyl groups excluding tert-OH is 1. The smallest absolute Gasteiger partial charge is 0.315 e. The molecule has 3 N–H and O–H groups in total. The van der Waals surface area contributed by atoms with Crippen molar-refractivity contribution in [2.24, 2.45) is 5.92 Å². The molecule has 2 rings (SSSR count). The van der Waals surface area contributed by atoms with E-state index in [1.165, 1.54) is 0 Å². The standard InChI is InChI=1S/C14H23N3O2S/c1-4-12-16-11(7-20-12)9(2)15-13(19)17-14(3,8-18)10-5-6-10/h7,9-10,18H,4-6,8H2,1-3H3,(H2,15,17,19). The van der Waals surface area contributed by atoms with E-state index in [9.17, 15) is 9.90 Å². The first-order chi connectivity index (χ1) is 9.48. The van der Waals surface area contributed by atoms with Gasteiger partial charge in [0.15, 0.2) is 0 Å². The summed E-state index contributed by atoms with van der Waals surface area (Å²) in [6, 6.07) is -0.374. The molecule has 2 amide bonds. The topological polar surface area (TPSA) is 74.2 Å². The first-order valence-electron chi connectivity index (χ1n) is 7.12. The van der Waals surface area contributed by atoms with Crippen LogP contribution in [-0.4, -0.2) is 28.3 Å². The summed E-state index contributed by atoms with van der Waals surface area (Å²) in [4.78, 5) is 16.5. The van der Waals surface area contributed by atoms with Crippen molar-refractivity contribution in [3.8, 4) is 0 Å². The van der Waals surface area contributed by atoms with Gasteiger partial charge in [-0.15, -0.1) is 11.3 Å². The Morgan fingerprint density at radius 3 is 2.85 bits per heavy atom. The summed E-state index contributed by atoms with van der Waals surface area (Å²) >= 11 is 1.61. The van der Waals surface area contributed by atoms with Gasteiger partial charge in [0, 0.05) is 5.38 Å². The summed E-state index contributed by atoms with van der Waals surface area (Å²) in [7, 11) is 0. The number of nitrogens with zero attached hydrogens (tertiary/aromatic N) is 1. The van der Waals surface area contributed by atoms with E-state index in [2.05, 4.69) is 22.5 Å². The minimum absolute atomic E-state index is 0.0316. The average Bonchev–Trinajstić information content (AvgIpc) is 3.17. The van der Waals surface area contributed by atoms with Crippen LogP contribution in [0.5, 0.6) is 0 Å². The van der Waals surface area contributed by atoms with E-state index in [1.807, 2.05) is 19.2 Å². The number of aromatic nitrogens is 1. The molecule has 0 radical (unpaired) electrons. The summed E-state index contributed by atoms with van der Waals surface area (Å²) in [6.07, 6.45) is 3.05. The lowest BCUT2D eigenvalue weighted by Crippen LogP contribution is -2.54. The fraction of sp³-hybridized carbons (Fsp3) is 0.714. The van der Waals surface area contributed by atoms with Gasteiger partial charge in [-0.05, 0) is 39.0 Å². The van der Waals surface area contributed by atoms with E-state index in [-0.39, 0.29) is 18.7 Å². The molecule has 1 aromatic rings. The number of aryl methyl sites for hydroxylation is 1. The van der Waals surface area contributed by atoms with Crippen molar-refractivity contribution in [3.05, 3.63) is 16.1 Å². The molecule has 0 spiro atoms. The van der Waals surface area contributed by atoms with Crippen LogP contribution in [0.25, 0.3) is 0 Å². The molecular formula is C14H23N3O2S. The van der Waals surface area contributed by atoms with Gasteiger partial charge in [-0.25, -0.2) is 9.78 Å². The van der Waals surface area contributed by atoms with Crippen molar-refractivity contribution < 1.29 is 9.90 Å². The second-order valence-electron chi connectivity index (χ2n) is 5.69. The SMILES string of the molecule is CCc1nc(C(C)NC(=O)NC(C)(CO)C2CC2)cs1. The normalized spacial score (nSPS) is 19.2. The quantitative estimate of drug-likeness (QED) is 0.754. The van der Waals surface area contributed by atoms with Crippen LogP contribution in [0.1, 0.15) is 50.4 Å². The number of carbonyl (C=O) groups is 1. The van der Waals surface area contributed by atoms with Crippen molar-refractivity contribution in [2.75, 3.05) is 6.61 Å². The van der Waals surface area contributed by atoms with Gasteiger partial charge >= 0.3 is 6.03 Å². The summed E-state index contributed by atoms with van der Waals surface area (Å²) in [5.74, 6) is 0.388. The Labute approximate surface area is 123 Å². The maximum atomic E-state index is 12.1. The molecule has 0 aromatic carbocycles. The minimum Gasteiger partial charge on any atom is -0.394 e. The Balaban J connectivity index is 1.90. The number of carbonyl (C=O) groups excluding carboxylic acids is 1. The Morgan fingerprint density at radius 1 is 1.65 bits per heavy atom. The number of nitrogens with one attached hydrogen (secondary N) is 2. The molecule has 5 nitrogen and oxygen atoms in total. The van der Waals surface area contributed by atoms with E-state index in [0.29, 0.717) is 5.92 Å². The molecule has 1 heterocycles. The van der Waals surface area contributed by atoms with Crippen molar-refractivity contribution in [1.82, 2.24) is 15.6 Å². The predicted molar refractivity (Wildman–Crippen MR) is 79.8 cm³/mol. The van der Waals surface area contributed by atoms with Gasteiger partial charge in [-0.2, -0.15) is 0 Å². The third-order valence-electron chi connectivity index (χ3n) is 3.87. The molecule has 6 heteroatoms. The molecule has 20 heavy (non-hydrogen) atoms. The number of hydrogen-bond donors (Lipinski definition) is 3. The van der Waals surface area contributed by atoms with Gasteiger partial charge in [0.2, 0.25) is 0 Å². The second kappa shape index (κ2) is 6.10. The third kappa shape index (κ3) is 3.49. The van der Waals surface area contributed by atoms with E-state index in [1.54, 1.807) is 11.3 Å². The lowest BCUT2D eigenvalue weighted by molar-refractivity contribution is 0.154. The van der Waals surface area contributed by atoms with Gasteiger partial charge in [-0.3, -0.25) is 0 Å². The van der Waals surface area contributed by atoms with E-state index in [4.69, 9.17) is 0 Å². The van der Waals surface area contributed by atoms with Crippen molar-refractivity contribution >= 4 is 17.4 Å². The Hall–Kier alpha value is -1.14. The fourth-order valence-electron chi connectivity index (χ4n) is 2.24. The Morgan fingerprint density at radius 2 is 2.35 bits per heavy atom. The maximum Gasteiger partial charge on any atom is 0.315 e. The average molecular weight is 297 g/mol. The van der Waals surface area contributed by atoms with E-state index < -0.39 is 5.54 Å². The number of urea groups is 1. The second-order valence-corrected chi connectivity index (χ2v) is 6.63. The highest BCUT2D eigenvalue weighted by molar-refractivity contribution is 7.09. The van der Waals surface area contributed by atoms with E-state index >= 15 is 0 Å². The maximum absolute atomic E-state index is 12.1. The Bertz CT molecular complexity index is 473. The summed E-state index contributed by atoms with van der Waals surface area (Å²) in [6.45, 7) is 5.85. The summed E-state index contributed by atoms with van der Waals surface area (Å²) in [5.41, 5.74) is 0.375. The molecule has 1 saturated carbocycles. The van der Waals surface area contributed by atoms with Gasteiger partial charge in [0.05, 0.1) is 28.9 Å². The first-order valence-corrected chi connectivity index (χ1v) is 8.00. The molecule has 1 fully saturated rings. The van der Waals surface area contributed by atoms with Gasteiger partial charge in [-0.1, -0.05) is 6.92 Å². The van der Waals surface area contributed by atoms with Crippen LogP contribution in [0.2, 0.25) is 0 Å². The number of thiazole rings is 1. The number of rotatable bonds is 6. The largest absolute Gasteiger partial charge is 0.394 e. The molecule has 2 unspecified atom stereocenters. The van der Waals surface area contributed by atoms with Gasteiger partial charge in [0.25, 0.3) is 0 Å². The van der Waals surface area contributed by atoms with Crippen LogP contribution in [0, 0.1) is 5.92 Å². The zero-order chi connectivity index (χ0) is 14.8. The van der Waals surface area contributed by atoms with Crippen LogP contribution in [0.3, 0.4) is 0 Å². The molecule has 1 aromatic heterocycles.